The number of hydrogen-bond acceptors (Lipinski definition) is 6. The summed E-state index contributed by atoms with van der Waals surface area (Å²) in [6, 6.07) is 12.4. The number of ketones is 1. The average molecular weight is 407 g/mol. The molecule has 30 heavy (non-hydrogen) atoms. The van der Waals surface area contributed by atoms with Crippen LogP contribution in [0.1, 0.15) is 24.2 Å². The van der Waals surface area contributed by atoms with Gasteiger partial charge in [0.25, 0.3) is 5.56 Å². The minimum atomic E-state index is -0.202. The van der Waals surface area contributed by atoms with Crippen molar-refractivity contribution in [3.8, 4) is 11.4 Å². The maximum atomic E-state index is 13.1. The second kappa shape index (κ2) is 8.77. The number of hydrogen-bond donors (Lipinski definition) is 0. The third kappa shape index (κ3) is 4.27. The molecule has 7 nitrogen and oxygen atoms in total. The molecule has 156 valence electrons. The van der Waals surface area contributed by atoms with Crippen LogP contribution in [0.5, 0.6) is 5.75 Å². The number of morpholine rings is 1. The first-order valence-electron chi connectivity index (χ1n) is 10.1. The molecule has 0 radical (unpaired) electrons. The van der Waals surface area contributed by atoms with Crippen LogP contribution < -0.4 is 10.3 Å². The van der Waals surface area contributed by atoms with E-state index in [0.29, 0.717) is 47.7 Å². The van der Waals surface area contributed by atoms with E-state index in [1.807, 2.05) is 26.0 Å². The van der Waals surface area contributed by atoms with Crippen molar-refractivity contribution < 1.29 is 14.3 Å². The molecule has 1 saturated heterocycles. The molecular formula is C23H25N3O4. The van der Waals surface area contributed by atoms with Gasteiger partial charge in [-0.05, 0) is 44.2 Å². The summed E-state index contributed by atoms with van der Waals surface area (Å²) in [6.07, 6.45) is 1.41. The van der Waals surface area contributed by atoms with Gasteiger partial charge in [-0.1, -0.05) is 12.1 Å². The third-order valence-corrected chi connectivity index (χ3v) is 5.04. The van der Waals surface area contributed by atoms with Gasteiger partial charge in [0.1, 0.15) is 12.1 Å². The van der Waals surface area contributed by atoms with Crippen LogP contribution in [0.25, 0.3) is 16.6 Å². The number of Topliss-reactive ketones (excluding diaryl/α,β-unsaturated/α-hetero) is 1. The first-order valence-corrected chi connectivity index (χ1v) is 10.1. The summed E-state index contributed by atoms with van der Waals surface area (Å²) in [7, 11) is 0. The van der Waals surface area contributed by atoms with E-state index in [9.17, 15) is 9.59 Å². The topological polar surface area (TPSA) is 73.7 Å². The number of benzene rings is 2. The Morgan fingerprint density at radius 2 is 1.93 bits per heavy atom. The molecule has 0 saturated carbocycles. The van der Waals surface area contributed by atoms with Crippen LogP contribution in [-0.4, -0.2) is 59.2 Å². The summed E-state index contributed by atoms with van der Waals surface area (Å²) >= 11 is 0. The highest BCUT2D eigenvalue weighted by Crippen LogP contribution is 2.25. The summed E-state index contributed by atoms with van der Waals surface area (Å²) in [6.45, 7) is 6.90. The average Bonchev–Trinajstić information content (AvgIpc) is 2.75. The molecule has 2 heterocycles. The fraction of sp³-hybridized carbons (Fsp3) is 0.348. The largest absolute Gasteiger partial charge is 0.489 e. The lowest BCUT2D eigenvalue weighted by Gasteiger charge is -2.26. The van der Waals surface area contributed by atoms with Gasteiger partial charge >= 0.3 is 0 Å². The molecular weight excluding hydrogens is 382 g/mol. The van der Waals surface area contributed by atoms with E-state index in [-0.39, 0.29) is 17.4 Å². The quantitative estimate of drug-likeness (QED) is 0.585. The zero-order chi connectivity index (χ0) is 21.1. The first kappa shape index (κ1) is 20.3. The van der Waals surface area contributed by atoms with Crippen molar-refractivity contribution in [3.05, 3.63) is 64.7 Å². The monoisotopic (exact) mass is 407 g/mol. The maximum Gasteiger partial charge on any atom is 0.265 e. The summed E-state index contributed by atoms with van der Waals surface area (Å²) < 4.78 is 12.7. The van der Waals surface area contributed by atoms with Crippen LogP contribution >= 0.6 is 0 Å². The van der Waals surface area contributed by atoms with Crippen molar-refractivity contribution in [1.82, 2.24) is 14.5 Å². The molecule has 0 aliphatic carbocycles. The molecule has 7 heteroatoms. The highest BCUT2D eigenvalue weighted by Gasteiger charge is 2.19. The molecule has 3 aromatic rings. The van der Waals surface area contributed by atoms with Gasteiger partial charge in [0.05, 0.1) is 42.5 Å². The number of carbonyl (C=O) groups is 1. The number of nitrogens with zero attached hydrogens (tertiary/aromatic N) is 3. The van der Waals surface area contributed by atoms with E-state index in [0.717, 1.165) is 13.1 Å². The van der Waals surface area contributed by atoms with Crippen LogP contribution in [-0.2, 0) is 4.74 Å². The van der Waals surface area contributed by atoms with Gasteiger partial charge in [0.2, 0.25) is 0 Å². The third-order valence-electron chi connectivity index (χ3n) is 5.04. The second-order valence-corrected chi connectivity index (χ2v) is 7.60. The summed E-state index contributed by atoms with van der Waals surface area (Å²) in [5, 5.41) is 0.514. The number of ether oxygens (including phenoxy) is 2. The minimum Gasteiger partial charge on any atom is -0.489 e. The predicted molar refractivity (Wildman–Crippen MR) is 115 cm³/mol. The Labute approximate surface area is 174 Å². The maximum absolute atomic E-state index is 13.1. The Kier molecular flexibility index (Phi) is 5.92. The van der Waals surface area contributed by atoms with Gasteiger partial charge in [-0.25, -0.2) is 4.98 Å². The number of aromatic nitrogens is 2. The number of rotatable bonds is 6. The van der Waals surface area contributed by atoms with E-state index in [1.54, 1.807) is 30.3 Å². The van der Waals surface area contributed by atoms with Crippen LogP contribution in [0.2, 0.25) is 0 Å². The Bertz CT molecular complexity index is 1120. The molecule has 0 atom stereocenters. The normalized spacial score (nSPS) is 14.9. The van der Waals surface area contributed by atoms with Gasteiger partial charge in [-0.2, -0.15) is 0 Å². The van der Waals surface area contributed by atoms with Gasteiger partial charge in [-0.3, -0.25) is 19.1 Å². The minimum absolute atomic E-state index is 0.00366. The van der Waals surface area contributed by atoms with Crippen molar-refractivity contribution in [2.24, 2.45) is 0 Å². The molecule has 4 rings (SSSR count). The van der Waals surface area contributed by atoms with Crippen molar-refractivity contribution in [2.45, 2.75) is 20.0 Å². The van der Waals surface area contributed by atoms with Crippen molar-refractivity contribution >= 4 is 16.7 Å². The first-order chi connectivity index (χ1) is 14.5. The Balaban J connectivity index is 1.75. The molecule has 1 aliphatic rings. The molecule has 1 fully saturated rings. The molecule has 1 aromatic heterocycles. The van der Waals surface area contributed by atoms with E-state index in [1.165, 1.54) is 10.9 Å². The van der Waals surface area contributed by atoms with Crippen molar-refractivity contribution in [2.75, 3.05) is 32.8 Å². The summed E-state index contributed by atoms with van der Waals surface area (Å²) in [5.41, 5.74) is 1.48. The van der Waals surface area contributed by atoms with E-state index in [2.05, 4.69) is 9.88 Å². The number of carbonyl (C=O) groups excluding carboxylic acids is 1. The SMILES string of the molecule is CC(C)Oc1ccc(C(=O)CN2CCOCC2)cc1-n1cnc2ccccc2c1=O. The van der Waals surface area contributed by atoms with Gasteiger partial charge in [0, 0.05) is 18.7 Å². The lowest BCUT2D eigenvalue weighted by Crippen LogP contribution is -2.39. The summed E-state index contributed by atoms with van der Waals surface area (Å²) in [5.74, 6) is 0.531. The molecule has 0 spiro atoms. The molecule has 0 amide bonds. The van der Waals surface area contributed by atoms with E-state index in [4.69, 9.17) is 9.47 Å². The Hall–Kier alpha value is -3.03. The van der Waals surface area contributed by atoms with Crippen molar-refractivity contribution in [3.63, 3.8) is 0 Å². The highest BCUT2D eigenvalue weighted by molar-refractivity contribution is 5.98. The summed E-state index contributed by atoms with van der Waals surface area (Å²) in [4.78, 5) is 32.5. The fourth-order valence-corrected chi connectivity index (χ4v) is 3.53. The fourth-order valence-electron chi connectivity index (χ4n) is 3.53. The second-order valence-electron chi connectivity index (χ2n) is 7.60. The Morgan fingerprint density at radius 3 is 2.70 bits per heavy atom. The number of fused-ring (bicyclic) bond motifs is 1. The van der Waals surface area contributed by atoms with Gasteiger partial charge in [0.15, 0.2) is 5.78 Å². The Morgan fingerprint density at radius 1 is 1.17 bits per heavy atom. The number of para-hydroxylation sites is 1. The van der Waals surface area contributed by atoms with Gasteiger partial charge < -0.3 is 9.47 Å². The zero-order valence-electron chi connectivity index (χ0n) is 17.2. The lowest BCUT2D eigenvalue weighted by molar-refractivity contribution is 0.0371. The molecule has 0 unspecified atom stereocenters. The van der Waals surface area contributed by atoms with Crippen LogP contribution in [0.4, 0.5) is 0 Å². The zero-order valence-corrected chi connectivity index (χ0v) is 17.2. The molecule has 2 aromatic carbocycles. The van der Waals surface area contributed by atoms with E-state index < -0.39 is 0 Å². The van der Waals surface area contributed by atoms with Crippen LogP contribution in [0.3, 0.4) is 0 Å². The van der Waals surface area contributed by atoms with Gasteiger partial charge in [-0.15, -0.1) is 0 Å². The molecule has 0 N–H and O–H groups in total. The van der Waals surface area contributed by atoms with Crippen LogP contribution in [0.15, 0.2) is 53.6 Å². The molecule has 1 aliphatic heterocycles. The van der Waals surface area contributed by atoms with Crippen molar-refractivity contribution in [1.29, 1.82) is 0 Å². The van der Waals surface area contributed by atoms with E-state index >= 15 is 0 Å². The highest BCUT2D eigenvalue weighted by atomic mass is 16.5. The van der Waals surface area contributed by atoms with Crippen LogP contribution in [0, 0.1) is 0 Å². The lowest BCUT2D eigenvalue weighted by atomic mass is 10.1. The smallest absolute Gasteiger partial charge is 0.265 e. The molecule has 0 bridgehead atoms. The predicted octanol–water partition coefficient (Wildman–Crippen LogP) is 2.69. The standard InChI is InChI=1S/C23H25N3O4/c1-16(2)30-22-8-7-17(21(27)14-25-9-11-29-12-10-25)13-20(22)26-15-24-19-6-4-3-5-18(19)23(26)28/h3-8,13,15-16H,9-12,14H2,1-2H3.